The predicted molar refractivity (Wildman–Crippen MR) is 168 cm³/mol. The lowest BCUT2D eigenvalue weighted by Crippen LogP contribution is -2.50. The van der Waals surface area contributed by atoms with Crippen LogP contribution in [0.3, 0.4) is 0 Å². The van der Waals surface area contributed by atoms with E-state index in [1.165, 1.54) is 18.9 Å². The zero-order valence-electron chi connectivity index (χ0n) is 23.5. The molecule has 4 aliphatic rings. The van der Waals surface area contributed by atoms with Crippen LogP contribution in [0.4, 0.5) is 10.6 Å². The first kappa shape index (κ1) is 30.5. The Morgan fingerprint density at radius 2 is 2.10 bits per heavy atom. The van der Waals surface area contributed by atoms with Crippen LogP contribution in [0, 0.1) is 5.92 Å². The molecular weight excluding hydrogens is 642 g/mol. The molecule has 4 heterocycles. The van der Waals surface area contributed by atoms with E-state index in [-0.39, 0.29) is 6.03 Å². The Morgan fingerprint density at radius 3 is 2.86 bits per heavy atom. The molecule has 14 heteroatoms. The number of fused-ring (bicyclic) bond motifs is 2. The number of carbonyl (C=O) groups is 2. The van der Waals surface area contributed by atoms with Crippen LogP contribution >= 0.6 is 39.5 Å². The van der Waals surface area contributed by atoms with Crippen molar-refractivity contribution in [1.82, 2.24) is 29.7 Å². The Morgan fingerprint density at radius 1 is 1.29 bits per heavy atom. The van der Waals surface area contributed by atoms with Crippen LogP contribution in [-0.2, 0) is 16.1 Å². The number of carbonyl (C=O) groups excluding carboxylic acids is 2. The van der Waals surface area contributed by atoms with Gasteiger partial charge in [0.25, 0.3) is 0 Å². The number of ether oxygens (including phenoxy) is 2. The highest BCUT2D eigenvalue weighted by Crippen LogP contribution is 2.39. The number of halogens is 1. The summed E-state index contributed by atoms with van der Waals surface area (Å²) < 4.78 is 13.5. The number of thioether (sulfide) groups is 1. The molecule has 0 aliphatic carbocycles. The number of nitrogens with two attached hydrogens (primary N) is 1. The molecule has 42 heavy (non-hydrogen) atoms. The molecule has 0 unspecified atom stereocenters. The van der Waals surface area contributed by atoms with E-state index in [4.69, 9.17) is 25.2 Å². The summed E-state index contributed by atoms with van der Waals surface area (Å²) in [7, 11) is 1.34. The number of benzene rings is 1. The molecule has 4 aliphatic heterocycles. The van der Waals surface area contributed by atoms with Crippen LogP contribution in [0.2, 0.25) is 0 Å². The molecule has 3 N–H and O–H groups in total. The summed E-state index contributed by atoms with van der Waals surface area (Å²) in [5.41, 5.74) is 7.78. The van der Waals surface area contributed by atoms with E-state index in [9.17, 15) is 9.59 Å². The second kappa shape index (κ2) is 14.0. The third kappa shape index (κ3) is 7.14. The average molecular weight is 677 g/mol. The predicted octanol–water partition coefficient (Wildman–Crippen LogP) is 4.79. The number of urea groups is 1. The summed E-state index contributed by atoms with van der Waals surface area (Å²) in [5.74, 6) is 2.70. The van der Waals surface area contributed by atoms with Gasteiger partial charge in [-0.15, -0.1) is 0 Å². The maximum absolute atomic E-state index is 12.8. The van der Waals surface area contributed by atoms with Gasteiger partial charge in [0.05, 0.1) is 13.4 Å². The molecule has 0 radical (unpaired) electrons. The van der Waals surface area contributed by atoms with Crippen LogP contribution in [0.15, 0.2) is 39.1 Å². The van der Waals surface area contributed by atoms with Gasteiger partial charge < -0.3 is 30.0 Å². The number of amides is 2. The second-order valence-corrected chi connectivity index (χ2v) is 13.0. The number of likely N-dealkylation sites (tertiary alicyclic amines) is 1. The SMILES string of the molecule is COC(=O)[C@H](CCSC)NC(=O)N1CCC(CCn2cnc(N)c3nc(Sc4cc5c(cc4Br)OCC=C5)nc2-3)CC1. The molecule has 1 aromatic carbocycles. The number of methoxy groups -OCH3 is 1. The highest BCUT2D eigenvalue weighted by molar-refractivity contribution is 9.10. The molecule has 1 saturated heterocycles. The number of aromatic nitrogens is 4. The van der Waals surface area contributed by atoms with Crippen LogP contribution in [0.25, 0.3) is 17.6 Å². The van der Waals surface area contributed by atoms with E-state index < -0.39 is 12.0 Å². The fraction of sp³-hybridized carbons (Fsp3) is 0.464. The van der Waals surface area contributed by atoms with Crippen LogP contribution in [0.1, 0.15) is 31.2 Å². The number of imidazole rings is 1. The first-order chi connectivity index (χ1) is 20.4. The van der Waals surface area contributed by atoms with Gasteiger partial charge in [-0.25, -0.2) is 24.5 Å². The first-order valence-electron chi connectivity index (χ1n) is 13.8. The van der Waals surface area contributed by atoms with Gasteiger partial charge in [-0.05, 0) is 89.5 Å². The highest BCUT2D eigenvalue weighted by atomic mass is 79.9. The molecule has 0 aromatic heterocycles. The van der Waals surface area contributed by atoms with E-state index in [0.717, 1.165) is 45.7 Å². The minimum atomic E-state index is -0.627. The molecule has 1 aromatic rings. The van der Waals surface area contributed by atoms with Crippen molar-refractivity contribution in [3.63, 3.8) is 0 Å². The fourth-order valence-corrected chi connectivity index (χ4v) is 6.90. The molecule has 2 amide bonds. The van der Waals surface area contributed by atoms with Gasteiger partial charge in [-0.1, -0.05) is 6.08 Å². The second-order valence-electron chi connectivity index (χ2n) is 10.2. The van der Waals surface area contributed by atoms with E-state index in [1.807, 2.05) is 23.0 Å². The fourth-order valence-electron chi connectivity index (χ4n) is 5.05. The molecule has 0 saturated carbocycles. The molecule has 1 fully saturated rings. The Kier molecular flexibility index (Phi) is 10.2. The number of hydrogen-bond donors (Lipinski definition) is 2. The molecular formula is C28H34BrN7O4S2. The summed E-state index contributed by atoms with van der Waals surface area (Å²) >= 11 is 6.74. The monoisotopic (exact) mass is 675 g/mol. The number of anilines is 1. The van der Waals surface area contributed by atoms with Gasteiger partial charge in [-0.2, -0.15) is 11.8 Å². The van der Waals surface area contributed by atoms with Gasteiger partial charge in [-0.3, -0.25) is 0 Å². The lowest BCUT2D eigenvalue weighted by molar-refractivity contribution is -0.142. The third-order valence-corrected chi connectivity index (χ3v) is 9.93. The van der Waals surface area contributed by atoms with Crippen molar-refractivity contribution in [2.24, 2.45) is 5.92 Å². The number of aryl methyl sites for hydroxylation is 1. The molecule has 11 nitrogen and oxygen atoms in total. The molecule has 5 rings (SSSR count). The summed E-state index contributed by atoms with van der Waals surface area (Å²) in [6, 6.07) is 3.19. The summed E-state index contributed by atoms with van der Waals surface area (Å²) in [4.78, 5) is 41.6. The molecule has 224 valence electrons. The number of hydrogen-bond acceptors (Lipinski definition) is 10. The van der Waals surface area contributed by atoms with Crippen LogP contribution in [0.5, 0.6) is 5.75 Å². The average Bonchev–Trinajstić information content (AvgIpc) is 3.44. The zero-order valence-corrected chi connectivity index (χ0v) is 26.8. The van der Waals surface area contributed by atoms with Gasteiger partial charge in [0.2, 0.25) is 0 Å². The number of nitrogens with zero attached hydrogens (tertiary/aromatic N) is 5. The third-order valence-electron chi connectivity index (χ3n) is 7.44. The summed E-state index contributed by atoms with van der Waals surface area (Å²) in [6.45, 7) is 2.56. The lowest BCUT2D eigenvalue weighted by Gasteiger charge is -2.33. The molecule has 0 spiro atoms. The van der Waals surface area contributed by atoms with Crippen LogP contribution < -0.4 is 15.8 Å². The lowest BCUT2D eigenvalue weighted by atomic mass is 9.93. The normalized spacial score (nSPS) is 15.7. The van der Waals surface area contributed by atoms with Crippen molar-refractivity contribution in [1.29, 1.82) is 0 Å². The van der Waals surface area contributed by atoms with Gasteiger partial charge in [0.15, 0.2) is 22.5 Å². The van der Waals surface area contributed by atoms with Crippen molar-refractivity contribution >= 4 is 63.3 Å². The Hall–Kier alpha value is -2.97. The number of nitrogens with one attached hydrogen (secondary N) is 1. The smallest absolute Gasteiger partial charge is 0.328 e. The number of piperidine rings is 1. The van der Waals surface area contributed by atoms with E-state index >= 15 is 0 Å². The topological polar surface area (TPSA) is 137 Å². The summed E-state index contributed by atoms with van der Waals surface area (Å²) in [5, 5.41) is 3.45. The molecule has 1 atom stereocenters. The maximum atomic E-state index is 12.8. The van der Waals surface area contributed by atoms with Crippen molar-refractivity contribution in [2.75, 3.05) is 44.5 Å². The maximum Gasteiger partial charge on any atom is 0.328 e. The highest BCUT2D eigenvalue weighted by Gasteiger charge is 2.28. The van der Waals surface area contributed by atoms with E-state index in [0.29, 0.717) is 61.1 Å². The quantitative estimate of drug-likeness (QED) is 0.289. The van der Waals surface area contributed by atoms with E-state index in [1.54, 1.807) is 23.0 Å². The number of esters is 1. The number of rotatable bonds is 10. The van der Waals surface area contributed by atoms with Crippen molar-refractivity contribution in [2.45, 2.75) is 48.3 Å². The standard InChI is InChI=1S/C28H34BrN7O4S2/c1-39-26(37)20(8-13-41-2)32-28(38)35-9-5-17(6-10-35)7-11-36-16-31-24(30)23-25(36)34-27(33-23)42-22-14-18-4-3-12-40-21(18)15-19(22)29/h3-4,14-17,20H,5-13,30H2,1-2H3,(H,32,38)/t20-/m0/s1. The zero-order chi connectivity index (χ0) is 29.6. The van der Waals surface area contributed by atoms with Crippen molar-refractivity contribution < 1.29 is 19.1 Å². The van der Waals surface area contributed by atoms with Crippen LogP contribution in [-0.4, -0.2) is 81.3 Å². The van der Waals surface area contributed by atoms with Gasteiger partial charge >= 0.3 is 12.0 Å². The van der Waals surface area contributed by atoms with Gasteiger partial charge in [0, 0.05) is 34.6 Å². The van der Waals surface area contributed by atoms with Gasteiger partial charge in [0.1, 0.15) is 18.4 Å². The Balaban J connectivity index is 1.18. The van der Waals surface area contributed by atoms with Crippen molar-refractivity contribution in [3.05, 3.63) is 34.6 Å². The largest absolute Gasteiger partial charge is 0.489 e. The molecule has 0 bridgehead atoms. The minimum absolute atomic E-state index is 0.213. The van der Waals surface area contributed by atoms with E-state index in [2.05, 4.69) is 38.4 Å². The van der Waals surface area contributed by atoms with Crippen molar-refractivity contribution in [3.8, 4) is 17.3 Å². The Bertz CT molecular complexity index is 1430. The Labute approximate surface area is 261 Å². The number of nitrogen functional groups attached to an aromatic ring is 1. The minimum Gasteiger partial charge on any atom is -0.489 e. The summed E-state index contributed by atoms with van der Waals surface area (Å²) in [6.07, 6.45) is 10.9. The first-order valence-corrected chi connectivity index (χ1v) is 16.8.